The van der Waals surface area contributed by atoms with Gasteiger partial charge in [0.05, 0.1) is 13.0 Å². The van der Waals surface area contributed by atoms with Crippen molar-refractivity contribution in [2.45, 2.75) is 26.0 Å². The van der Waals surface area contributed by atoms with Crippen LogP contribution in [0.5, 0.6) is 0 Å². The Bertz CT molecular complexity index is 746. The highest BCUT2D eigenvalue weighted by Crippen LogP contribution is 2.16. The van der Waals surface area contributed by atoms with Crippen molar-refractivity contribution in [3.63, 3.8) is 0 Å². The van der Waals surface area contributed by atoms with Crippen molar-refractivity contribution in [2.24, 2.45) is 0 Å². The molecular formula is C20H22N2O3. The van der Waals surface area contributed by atoms with Crippen molar-refractivity contribution in [1.29, 1.82) is 0 Å². The zero-order chi connectivity index (χ0) is 17.6. The van der Waals surface area contributed by atoms with E-state index >= 15 is 0 Å². The van der Waals surface area contributed by atoms with Crippen molar-refractivity contribution in [3.05, 3.63) is 65.7 Å². The summed E-state index contributed by atoms with van der Waals surface area (Å²) < 4.78 is 5.54. The van der Waals surface area contributed by atoms with Crippen LogP contribution in [0.1, 0.15) is 17.5 Å². The molecule has 1 aliphatic rings. The lowest BCUT2D eigenvalue weighted by Crippen LogP contribution is -2.48. The standard InChI is InChI=1S/C20H22N2O3/c1-15-6-5-9-17(12-15)21-19(23)13-18-20(24)22(10-11-25-18)14-16-7-3-2-4-8-16/h2-9,12,18H,10-11,13-14H2,1H3,(H,21,23). The monoisotopic (exact) mass is 338 g/mol. The molecule has 2 aromatic carbocycles. The maximum Gasteiger partial charge on any atom is 0.252 e. The first kappa shape index (κ1) is 17.2. The van der Waals surface area contributed by atoms with E-state index in [9.17, 15) is 9.59 Å². The number of hydrogen-bond donors (Lipinski definition) is 1. The third-order valence-corrected chi connectivity index (χ3v) is 4.16. The molecule has 25 heavy (non-hydrogen) atoms. The fourth-order valence-electron chi connectivity index (χ4n) is 2.90. The molecule has 0 radical (unpaired) electrons. The molecule has 0 aliphatic carbocycles. The first-order chi connectivity index (χ1) is 12.1. The van der Waals surface area contributed by atoms with Gasteiger partial charge in [0.15, 0.2) is 0 Å². The molecular weight excluding hydrogens is 316 g/mol. The smallest absolute Gasteiger partial charge is 0.252 e. The van der Waals surface area contributed by atoms with E-state index in [0.29, 0.717) is 19.7 Å². The van der Waals surface area contributed by atoms with Crippen LogP contribution in [-0.4, -0.2) is 36.0 Å². The molecule has 0 bridgehead atoms. The molecule has 1 atom stereocenters. The molecule has 0 aromatic heterocycles. The maximum atomic E-state index is 12.6. The lowest BCUT2D eigenvalue weighted by Gasteiger charge is -2.32. The predicted octanol–water partition coefficient (Wildman–Crippen LogP) is 2.75. The van der Waals surface area contributed by atoms with Crippen LogP contribution in [0.3, 0.4) is 0 Å². The van der Waals surface area contributed by atoms with E-state index in [1.54, 1.807) is 4.90 Å². The zero-order valence-corrected chi connectivity index (χ0v) is 14.3. The van der Waals surface area contributed by atoms with Gasteiger partial charge in [0.1, 0.15) is 6.10 Å². The van der Waals surface area contributed by atoms with Crippen molar-refractivity contribution < 1.29 is 14.3 Å². The van der Waals surface area contributed by atoms with E-state index in [1.807, 2.05) is 61.5 Å². The van der Waals surface area contributed by atoms with Gasteiger partial charge in [-0.25, -0.2) is 0 Å². The molecule has 2 aromatic rings. The van der Waals surface area contributed by atoms with Gasteiger partial charge in [-0.05, 0) is 30.2 Å². The van der Waals surface area contributed by atoms with Crippen molar-refractivity contribution in [1.82, 2.24) is 4.90 Å². The number of carbonyl (C=O) groups is 2. The highest BCUT2D eigenvalue weighted by molar-refractivity contribution is 5.95. The van der Waals surface area contributed by atoms with Gasteiger partial charge in [-0.15, -0.1) is 0 Å². The molecule has 3 rings (SSSR count). The normalized spacial score (nSPS) is 17.4. The molecule has 1 fully saturated rings. The fraction of sp³-hybridized carbons (Fsp3) is 0.300. The number of anilines is 1. The summed E-state index contributed by atoms with van der Waals surface area (Å²) in [5.74, 6) is -0.347. The van der Waals surface area contributed by atoms with Crippen LogP contribution in [0.15, 0.2) is 54.6 Å². The van der Waals surface area contributed by atoms with E-state index in [2.05, 4.69) is 5.32 Å². The number of carbonyl (C=O) groups excluding carboxylic acids is 2. The second-order valence-corrected chi connectivity index (χ2v) is 6.23. The van der Waals surface area contributed by atoms with Crippen LogP contribution in [0, 0.1) is 6.92 Å². The van der Waals surface area contributed by atoms with E-state index in [1.165, 1.54) is 0 Å². The van der Waals surface area contributed by atoms with E-state index in [-0.39, 0.29) is 18.2 Å². The first-order valence-electron chi connectivity index (χ1n) is 8.42. The summed E-state index contributed by atoms with van der Waals surface area (Å²) >= 11 is 0. The number of aryl methyl sites for hydroxylation is 1. The Morgan fingerprint density at radius 2 is 2.00 bits per heavy atom. The molecule has 1 saturated heterocycles. The second kappa shape index (κ2) is 7.94. The van der Waals surface area contributed by atoms with Crippen molar-refractivity contribution in [2.75, 3.05) is 18.5 Å². The fourth-order valence-corrected chi connectivity index (χ4v) is 2.90. The minimum atomic E-state index is -0.720. The Morgan fingerprint density at radius 3 is 2.76 bits per heavy atom. The molecule has 1 N–H and O–H groups in total. The number of nitrogens with zero attached hydrogens (tertiary/aromatic N) is 1. The molecule has 5 heteroatoms. The van der Waals surface area contributed by atoms with Crippen LogP contribution in [-0.2, 0) is 20.9 Å². The zero-order valence-electron chi connectivity index (χ0n) is 14.3. The highest BCUT2D eigenvalue weighted by Gasteiger charge is 2.31. The minimum absolute atomic E-state index is 0.0259. The Kier molecular flexibility index (Phi) is 5.46. The quantitative estimate of drug-likeness (QED) is 0.912. The topological polar surface area (TPSA) is 58.6 Å². The van der Waals surface area contributed by atoms with Crippen LogP contribution >= 0.6 is 0 Å². The van der Waals surface area contributed by atoms with Gasteiger partial charge in [-0.2, -0.15) is 0 Å². The molecule has 130 valence electrons. The van der Waals surface area contributed by atoms with Gasteiger partial charge in [-0.1, -0.05) is 42.5 Å². The predicted molar refractivity (Wildman–Crippen MR) is 96.0 cm³/mol. The van der Waals surface area contributed by atoms with Gasteiger partial charge in [0.2, 0.25) is 5.91 Å². The molecule has 5 nitrogen and oxygen atoms in total. The summed E-state index contributed by atoms with van der Waals surface area (Å²) in [6.45, 7) is 3.49. The molecule has 1 aliphatic heterocycles. The summed E-state index contributed by atoms with van der Waals surface area (Å²) in [5.41, 5.74) is 2.87. The van der Waals surface area contributed by atoms with Gasteiger partial charge in [0.25, 0.3) is 5.91 Å². The SMILES string of the molecule is Cc1cccc(NC(=O)CC2OCCN(Cc3ccccc3)C2=O)c1. The number of hydrogen-bond acceptors (Lipinski definition) is 3. The number of ether oxygens (including phenoxy) is 1. The van der Waals surface area contributed by atoms with Crippen LogP contribution in [0.25, 0.3) is 0 Å². The number of rotatable bonds is 5. The van der Waals surface area contributed by atoms with E-state index in [4.69, 9.17) is 4.74 Å². The Balaban J connectivity index is 1.58. The largest absolute Gasteiger partial charge is 0.366 e. The summed E-state index contributed by atoms with van der Waals surface area (Å²) in [5, 5.41) is 2.83. The summed E-state index contributed by atoms with van der Waals surface area (Å²) in [6.07, 6.45) is -0.694. The number of morpholine rings is 1. The molecule has 1 unspecified atom stereocenters. The van der Waals surface area contributed by atoms with E-state index in [0.717, 1.165) is 16.8 Å². The average molecular weight is 338 g/mol. The highest BCUT2D eigenvalue weighted by atomic mass is 16.5. The Hall–Kier alpha value is -2.66. The van der Waals surface area contributed by atoms with Gasteiger partial charge in [0, 0.05) is 18.8 Å². The maximum absolute atomic E-state index is 12.6. The number of benzene rings is 2. The summed E-state index contributed by atoms with van der Waals surface area (Å²) in [6, 6.07) is 17.4. The van der Waals surface area contributed by atoms with Gasteiger partial charge < -0.3 is 15.0 Å². The third-order valence-electron chi connectivity index (χ3n) is 4.16. The average Bonchev–Trinajstić information content (AvgIpc) is 2.59. The van der Waals surface area contributed by atoms with Crippen LogP contribution in [0.4, 0.5) is 5.69 Å². The minimum Gasteiger partial charge on any atom is -0.366 e. The summed E-state index contributed by atoms with van der Waals surface area (Å²) in [4.78, 5) is 26.6. The molecule has 2 amide bonds. The van der Waals surface area contributed by atoms with Gasteiger partial charge >= 0.3 is 0 Å². The third kappa shape index (κ3) is 4.67. The molecule has 0 spiro atoms. The lowest BCUT2D eigenvalue weighted by molar-refractivity contribution is -0.155. The first-order valence-corrected chi connectivity index (χ1v) is 8.42. The second-order valence-electron chi connectivity index (χ2n) is 6.23. The van der Waals surface area contributed by atoms with Crippen LogP contribution in [0.2, 0.25) is 0 Å². The van der Waals surface area contributed by atoms with Crippen molar-refractivity contribution in [3.8, 4) is 0 Å². The number of nitrogens with one attached hydrogen (secondary N) is 1. The Labute approximate surface area is 147 Å². The molecule has 1 heterocycles. The molecule has 0 saturated carbocycles. The van der Waals surface area contributed by atoms with Crippen molar-refractivity contribution >= 4 is 17.5 Å². The number of amides is 2. The Morgan fingerprint density at radius 1 is 1.20 bits per heavy atom. The summed E-state index contributed by atoms with van der Waals surface area (Å²) in [7, 11) is 0. The van der Waals surface area contributed by atoms with E-state index < -0.39 is 6.10 Å². The van der Waals surface area contributed by atoms with Crippen LogP contribution < -0.4 is 5.32 Å². The lowest BCUT2D eigenvalue weighted by atomic mass is 10.1. The van der Waals surface area contributed by atoms with Gasteiger partial charge in [-0.3, -0.25) is 9.59 Å².